The summed E-state index contributed by atoms with van der Waals surface area (Å²) in [7, 11) is 0. The van der Waals surface area contributed by atoms with Crippen molar-refractivity contribution in [1.29, 1.82) is 5.26 Å². The van der Waals surface area contributed by atoms with Crippen LogP contribution in [0.3, 0.4) is 0 Å². The van der Waals surface area contributed by atoms with E-state index >= 15 is 0 Å². The van der Waals surface area contributed by atoms with E-state index in [2.05, 4.69) is 9.97 Å². The third-order valence-electron chi connectivity index (χ3n) is 4.15. The third kappa shape index (κ3) is 4.63. The van der Waals surface area contributed by atoms with E-state index in [1.807, 2.05) is 36.4 Å². The van der Waals surface area contributed by atoms with Crippen LogP contribution >= 0.6 is 0 Å². The molecule has 5 nitrogen and oxygen atoms in total. The number of benzene rings is 2. The summed E-state index contributed by atoms with van der Waals surface area (Å²) in [6, 6.07) is 17.4. The highest BCUT2D eigenvalue weighted by Gasteiger charge is 2.37. The van der Waals surface area contributed by atoms with Gasteiger partial charge in [-0.3, -0.25) is 0 Å². The Hall–Kier alpha value is -3.60. The normalized spacial score (nSPS) is 11.0. The lowest BCUT2D eigenvalue weighted by Crippen LogP contribution is -2.23. The maximum Gasteiger partial charge on any atom is 0.421 e. The highest BCUT2D eigenvalue weighted by molar-refractivity contribution is 5.69. The minimum absolute atomic E-state index is 0.118. The second-order valence-corrected chi connectivity index (χ2v) is 6.04. The molecule has 1 heterocycles. The second-order valence-electron chi connectivity index (χ2n) is 6.04. The summed E-state index contributed by atoms with van der Waals surface area (Å²) in [5.74, 6) is -0.360. The molecule has 0 unspecified atom stereocenters. The Bertz CT molecular complexity index is 1020. The largest absolute Gasteiger partial charge is 0.459 e. The zero-order valence-corrected chi connectivity index (χ0v) is 15.5. The van der Waals surface area contributed by atoms with Crippen molar-refractivity contribution in [3.63, 3.8) is 0 Å². The molecule has 3 aromatic rings. The monoisotopic (exact) mass is 398 g/mol. The molecule has 0 bridgehead atoms. The van der Waals surface area contributed by atoms with Crippen LogP contribution in [-0.4, -0.2) is 16.5 Å². The lowest BCUT2D eigenvalue weighted by Gasteiger charge is -2.26. The third-order valence-corrected chi connectivity index (χ3v) is 4.15. The van der Waals surface area contributed by atoms with Gasteiger partial charge in [0.05, 0.1) is 11.3 Å². The van der Waals surface area contributed by atoms with Crippen LogP contribution in [0, 0.1) is 11.3 Å². The zero-order valence-electron chi connectivity index (χ0n) is 15.5. The average molecular weight is 398 g/mol. The molecule has 0 saturated carbocycles. The van der Waals surface area contributed by atoms with Crippen LogP contribution in [0.4, 0.5) is 24.7 Å². The van der Waals surface area contributed by atoms with E-state index in [-0.39, 0.29) is 30.5 Å². The van der Waals surface area contributed by atoms with Gasteiger partial charge in [-0.25, -0.2) is 4.98 Å². The fraction of sp³-hybridized carbons (Fsp3) is 0.190. The summed E-state index contributed by atoms with van der Waals surface area (Å²) in [5.41, 5.74) is 0.405. The molecule has 1 aromatic heterocycles. The Balaban J connectivity index is 2.02. The highest BCUT2D eigenvalue weighted by atomic mass is 19.4. The van der Waals surface area contributed by atoms with Crippen LogP contribution in [0.2, 0.25) is 0 Å². The Morgan fingerprint density at radius 1 is 1.07 bits per heavy atom. The van der Waals surface area contributed by atoms with Crippen molar-refractivity contribution in [2.24, 2.45) is 0 Å². The molecular formula is C21H17F3N4O. The van der Waals surface area contributed by atoms with Gasteiger partial charge in [-0.2, -0.15) is 23.4 Å². The number of nitriles is 1. The molecule has 0 spiro atoms. The Morgan fingerprint density at radius 3 is 2.41 bits per heavy atom. The maximum absolute atomic E-state index is 13.6. The molecule has 0 atom stereocenters. The maximum atomic E-state index is 13.6. The molecule has 2 aromatic carbocycles. The number of halogens is 3. The predicted octanol–water partition coefficient (Wildman–Crippen LogP) is 5.10. The summed E-state index contributed by atoms with van der Waals surface area (Å²) < 4.78 is 46.3. The summed E-state index contributed by atoms with van der Waals surface area (Å²) in [6.07, 6.45) is -3.96. The lowest BCUT2D eigenvalue weighted by molar-refractivity contribution is -0.137. The molecule has 0 aliphatic rings. The van der Waals surface area contributed by atoms with Gasteiger partial charge in [0.25, 0.3) is 0 Å². The van der Waals surface area contributed by atoms with Crippen LogP contribution in [0.15, 0.2) is 60.8 Å². The fourth-order valence-corrected chi connectivity index (χ4v) is 2.79. The first-order valence-electron chi connectivity index (χ1n) is 8.81. The number of anilines is 2. The van der Waals surface area contributed by atoms with Crippen molar-refractivity contribution in [3.05, 3.63) is 77.5 Å². The van der Waals surface area contributed by atoms with Crippen molar-refractivity contribution in [3.8, 4) is 12.1 Å². The number of hydrogen-bond acceptors (Lipinski definition) is 5. The van der Waals surface area contributed by atoms with E-state index in [9.17, 15) is 18.4 Å². The number of aromatic nitrogens is 2. The molecule has 0 radical (unpaired) electrons. The van der Waals surface area contributed by atoms with Gasteiger partial charge >= 0.3 is 12.2 Å². The standard InChI is InChI=1S/C21H17F3N4O/c1-2-28(18-11-7-6-10-16(18)12-25)19-17(21(22,23)24)13-26-20(27-19)29-14-15-8-4-3-5-9-15/h3-11,13H,2,14H2,1H3. The van der Waals surface area contributed by atoms with Crippen molar-refractivity contribution in [2.45, 2.75) is 19.7 Å². The van der Waals surface area contributed by atoms with Crippen LogP contribution < -0.4 is 9.64 Å². The van der Waals surface area contributed by atoms with Crippen LogP contribution in [0.25, 0.3) is 0 Å². The summed E-state index contributed by atoms with van der Waals surface area (Å²) >= 11 is 0. The average Bonchev–Trinajstić information content (AvgIpc) is 2.73. The second kappa shape index (κ2) is 8.61. The van der Waals surface area contributed by atoms with E-state index in [0.717, 1.165) is 5.56 Å². The van der Waals surface area contributed by atoms with Gasteiger partial charge < -0.3 is 9.64 Å². The molecule has 8 heteroatoms. The van der Waals surface area contributed by atoms with Crippen molar-refractivity contribution in [1.82, 2.24) is 9.97 Å². The van der Waals surface area contributed by atoms with Gasteiger partial charge in [0.15, 0.2) is 5.82 Å². The van der Waals surface area contributed by atoms with Crippen molar-refractivity contribution >= 4 is 11.5 Å². The van der Waals surface area contributed by atoms with E-state index in [1.54, 1.807) is 31.2 Å². The summed E-state index contributed by atoms with van der Waals surface area (Å²) in [4.78, 5) is 9.10. The lowest BCUT2D eigenvalue weighted by atomic mass is 10.1. The first-order valence-corrected chi connectivity index (χ1v) is 8.81. The predicted molar refractivity (Wildman–Crippen MR) is 102 cm³/mol. The molecular weight excluding hydrogens is 381 g/mol. The molecule has 0 N–H and O–H groups in total. The molecule has 0 amide bonds. The fourth-order valence-electron chi connectivity index (χ4n) is 2.79. The molecule has 3 rings (SSSR count). The SMILES string of the molecule is CCN(c1ccccc1C#N)c1nc(OCc2ccccc2)ncc1C(F)(F)F. The Labute approximate surface area is 166 Å². The van der Waals surface area contributed by atoms with E-state index < -0.39 is 11.7 Å². The first kappa shape index (κ1) is 20.1. The first-order chi connectivity index (χ1) is 13.9. The topological polar surface area (TPSA) is 62.0 Å². The van der Waals surface area contributed by atoms with Gasteiger partial charge in [0.2, 0.25) is 0 Å². The van der Waals surface area contributed by atoms with E-state index in [1.165, 1.54) is 4.90 Å². The minimum atomic E-state index is -4.66. The number of hydrogen-bond donors (Lipinski definition) is 0. The van der Waals surface area contributed by atoms with Crippen molar-refractivity contribution in [2.75, 3.05) is 11.4 Å². The smallest absolute Gasteiger partial charge is 0.421 e. The Morgan fingerprint density at radius 2 is 1.76 bits per heavy atom. The molecule has 0 fully saturated rings. The van der Waals surface area contributed by atoms with E-state index in [4.69, 9.17) is 4.74 Å². The minimum Gasteiger partial charge on any atom is -0.459 e. The van der Waals surface area contributed by atoms with Gasteiger partial charge in [0.1, 0.15) is 18.2 Å². The molecule has 0 aliphatic heterocycles. The molecule has 0 saturated heterocycles. The number of rotatable bonds is 6. The number of nitrogens with zero attached hydrogens (tertiary/aromatic N) is 4. The highest BCUT2D eigenvalue weighted by Crippen LogP contribution is 2.39. The summed E-state index contributed by atoms with van der Waals surface area (Å²) in [6.45, 7) is 1.96. The number of para-hydroxylation sites is 1. The quantitative estimate of drug-likeness (QED) is 0.578. The van der Waals surface area contributed by atoms with Crippen LogP contribution in [0.1, 0.15) is 23.6 Å². The van der Waals surface area contributed by atoms with E-state index in [0.29, 0.717) is 11.9 Å². The molecule has 0 aliphatic carbocycles. The van der Waals surface area contributed by atoms with Gasteiger partial charge in [-0.05, 0) is 24.6 Å². The summed E-state index contributed by atoms with van der Waals surface area (Å²) in [5, 5.41) is 9.35. The number of ether oxygens (including phenoxy) is 1. The number of alkyl halides is 3. The van der Waals surface area contributed by atoms with Crippen LogP contribution in [-0.2, 0) is 12.8 Å². The van der Waals surface area contributed by atoms with Crippen LogP contribution in [0.5, 0.6) is 6.01 Å². The zero-order chi connectivity index (χ0) is 20.9. The molecule has 148 valence electrons. The molecule has 29 heavy (non-hydrogen) atoms. The van der Waals surface area contributed by atoms with Gasteiger partial charge in [0, 0.05) is 12.7 Å². The van der Waals surface area contributed by atoms with Gasteiger partial charge in [-0.15, -0.1) is 0 Å². The Kier molecular flexibility index (Phi) is 5.98. The van der Waals surface area contributed by atoms with Gasteiger partial charge in [-0.1, -0.05) is 42.5 Å². The van der Waals surface area contributed by atoms with Crippen molar-refractivity contribution < 1.29 is 17.9 Å².